The lowest BCUT2D eigenvalue weighted by molar-refractivity contribution is -0.107. The van der Waals surface area contributed by atoms with Gasteiger partial charge < -0.3 is 14.5 Å². The predicted molar refractivity (Wildman–Crippen MR) is 87.7 cm³/mol. The Morgan fingerprint density at radius 2 is 2.29 bits per heavy atom. The van der Waals surface area contributed by atoms with Gasteiger partial charge in [-0.2, -0.15) is 11.8 Å². The van der Waals surface area contributed by atoms with Crippen LogP contribution in [0.25, 0.3) is 0 Å². The first-order chi connectivity index (χ1) is 10.3. The monoisotopic (exact) mass is 309 g/mol. The Balaban J connectivity index is 1.72. The molecule has 1 aromatic heterocycles. The van der Waals surface area contributed by atoms with E-state index in [9.17, 15) is 0 Å². The largest absolute Gasteiger partial charge is 0.472 e. The number of thioether (sulfide) groups is 1. The molecule has 2 fully saturated rings. The van der Waals surface area contributed by atoms with Crippen LogP contribution in [0.5, 0.6) is 0 Å². The summed E-state index contributed by atoms with van der Waals surface area (Å²) in [4.78, 5) is 0. The number of ether oxygens (including phenoxy) is 1. The van der Waals surface area contributed by atoms with E-state index in [1.54, 1.807) is 6.26 Å². The zero-order chi connectivity index (χ0) is 14.5. The highest BCUT2D eigenvalue weighted by Crippen LogP contribution is 2.43. The molecule has 1 aromatic rings. The molecule has 1 N–H and O–H groups in total. The Morgan fingerprint density at radius 1 is 1.43 bits per heavy atom. The van der Waals surface area contributed by atoms with Crippen LogP contribution in [0, 0.1) is 5.92 Å². The van der Waals surface area contributed by atoms with Gasteiger partial charge in [-0.1, -0.05) is 6.92 Å². The van der Waals surface area contributed by atoms with Crippen LogP contribution < -0.4 is 5.32 Å². The van der Waals surface area contributed by atoms with Crippen molar-refractivity contribution in [2.45, 2.75) is 50.7 Å². The van der Waals surface area contributed by atoms with E-state index in [4.69, 9.17) is 9.15 Å². The normalized spacial score (nSPS) is 26.8. The van der Waals surface area contributed by atoms with Gasteiger partial charge in [0.1, 0.15) is 0 Å². The average Bonchev–Trinajstić information content (AvgIpc) is 3.03. The summed E-state index contributed by atoms with van der Waals surface area (Å²) in [5.74, 6) is 3.17. The van der Waals surface area contributed by atoms with Gasteiger partial charge in [0.2, 0.25) is 0 Å². The minimum absolute atomic E-state index is 0.157. The zero-order valence-electron chi connectivity index (χ0n) is 13.0. The molecule has 0 radical (unpaired) electrons. The third-order valence-corrected chi connectivity index (χ3v) is 5.91. The van der Waals surface area contributed by atoms with E-state index in [0.29, 0.717) is 12.0 Å². The van der Waals surface area contributed by atoms with Gasteiger partial charge in [-0.3, -0.25) is 0 Å². The molecular formula is C17H27NO2S. The summed E-state index contributed by atoms with van der Waals surface area (Å²) < 4.78 is 11.6. The molecule has 3 heterocycles. The summed E-state index contributed by atoms with van der Waals surface area (Å²) in [5, 5.41) is 3.74. The van der Waals surface area contributed by atoms with Crippen molar-refractivity contribution in [1.82, 2.24) is 5.32 Å². The molecule has 0 bridgehead atoms. The molecular weight excluding hydrogens is 282 g/mol. The second-order valence-electron chi connectivity index (χ2n) is 6.39. The fraction of sp³-hybridized carbons (Fsp3) is 0.765. The van der Waals surface area contributed by atoms with Gasteiger partial charge in [-0.25, -0.2) is 0 Å². The van der Waals surface area contributed by atoms with Crippen LogP contribution in [0.4, 0.5) is 0 Å². The van der Waals surface area contributed by atoms with E-state index in [2.05, 4.69) is 30.1 Å². The fourth-order valence-electron chi connectivity index (χ4n) is 3.75. The Labute approximate surface area is 132 Å². The van der Waals surface area contributed by atoms with Crippen molar-refractivity contribution in [2.24, 2.45) is 5.92 Å². The van der Waals surface area contributed by atoms with Crippen molar-refractivity contribution in [3.8, 4) is 0 Å². The highest BCUT2D eigenvalue weighted by molar-refractivity contribution is 7.99. The highest BCUT2D eigenvalue weighted by Gasteiger charge is 2.41. The van der Waals surface area contributed by atoms with E-state index in [0.717, 1.165) is 19.6 Å². The molecule has 0 aromatic carbocycles. The van der Waals surface area contributed by atoms with Gasteiger partial charge in [0, 0.05) is 18.2 Å². The zero-order valence-corrected chi connectivity index (χ0v) is 13.8. The molecule has 2 unspecified atom stereocenters. The quantitative estimate of drug-likeness (QED) is 0.891. The van der Waals surface area contributed by atoms with Crippen LogP contribution in [-0.4, -0.2) is 30.3 Å². The molecule has 1 spiro atoms. The van der Waals surface area contributed by atoms with E-state index in [-0.39, 0.29) is 5.60 Å². The molecule has 2 aliphatic heterocycles. The van der Waals surface area contributed by atoms with Gasteiger partial charge in [-0.15, -0.1) is 0 Å². The SMILES string of the molecule is CCCNC(c1ccoc1)C1CCOC2(CCSCC2)C1. The van der Waals surface area contributed by atoms with E-state index in [1.807, 2.05) is 6.26 Å². The van der Waals surface area contributed by atoms with Crippen molar-refractivity contribution in [3.05, 3.63) is 24.2 Å². The minimum atomic E-state index is 0.157. The Hall–Kier alpha value is -0.450. The van der Waals surface area contributed by atoms with Crippen molar-refractivity contribution >= 4 is 11.8 Å². The average molecular weight is 309 g/mol. The van der Waals surface area contributed by atoms with Gasteiger partial charge in [0.15, 0.2) is 0 Å². The molecule has 2 atom stereocenters. The minimum Gasteiger partial charge on any atom is -0.472 e. The van der Waals surface area contributed by atoms with Crippen LogP contribution in [0.2, 0.25) is 0 Å². The number of hydrogen-bond acceptors (Lipinski definition) is 4. The molecule has 118 valence electrons. The summed E-state index contributed by atoms with van der Waals surface area (Å²) in [5.41, 5.74) is 1.46. The summed E-state index contributed by atoms with van der Waals surface area (Å²) in [6.07, 6.45) is 9.66. The molecule has 0 amide bonds. The van der Waals surface area contributed by atoms with Gasteiger partial charge in [-0.05, 0) is 62.1 Å². The van der Waals surface area contributed by atoms with E-state index < -0.39 is 0 Å². The summed E-state index contributed by atoms with van der Waals surface area (Å²) in [6, 6.07) is 2.53. The van der Waals surface area contributed by atoms with Crippen LogP contribution in [0.3, 0.4) is 0 Å². The Bertz CT molecular complexity index is 409. The van der Waals surface area contributed by atoms with Crippen molar-refractivity contribution in [2.75, 3.05) is 24.7 Å². The number of hydrogen-bond donors (Lipinski definition) is 1. The third kappa shape index (κ3) is 3.66. The Morgan fingerprint density at radius 3 is 3.00 bits per heavy atom. The lowest BCUT2D eigenvalue weighted by atomic mass is 9.77. The lowest BCUT2D eigenvalue weighted by Gasteiger charge is -2.45. The second kappa shape index (κ2) is 7.21. The summed E-state index contributed by atoms with van der Waals surface area (Å²) in [6.45, 7) is 4.21. The standard InChI is InChI=1S/C17H27NO2S/c1-2-7-18-16(15-3-8-19-13-15)14-4-9-20-17(12-14)5-10-21-11-6-17/h3,8,13-14,16,18H,2,4-7,9-12H2,1H3. The maximum atomic E-state index is 6.24. The third-order valence-electron chi connectivity index (χ3n) is 4.92. The van der Waals surface area contributed by atoms with Crippen LogP contribution in [0.15, 0.2) is 23.0 Å². The van der Waals surface area contributed by atoms with Crippen molar-refractivity contribution in [3.63, 3.8) is 0 Å². The fourth-order valence-corrected chi connectivity index (χ4v) is 4.99. The van der Waals surface area contributed by atoms with Gasteiger partial charge in [0.25, 0.3) is 0 Å². The Kier molecular flexibility index (Phi) is 5.30. The first-order valence-electron chi connectivity index (χ1n) is 8.30. The van der Waals surface area contributed by atoms with E-state index in [1.165, 1.54) is 42.8 Å². The highest BCUT2D eigenvalue weighted by atomic mass is 32.2. The molecule has 2 aliphatic rings. The lowest BCUT2D eigenvalue weighted by Crippen LogP contribution is -2.45. The van der Waals surface area contributed by atoms with Crippen LogP contribution >= 0.6 is 11.8 Å². The van der Waals surface area contributed by atoms with Crippen LogP contribution in [0.1, 0.15) is 50.6 Å². The molecule has 3 nitrogen and oxygen atoms in total. The summed E-state index contributed by atoms with van der Waals surface area (Å²) >= 11 is 2.07. The van der Waals surface area contributed by atoms with Crippen LogP contribution in [-0.2, 0) is 4.74 Å². The van der Waals surface area contributed by atoms with E-state index >= 15 is 0 Å². The molecule has 2 saturated heterocycles. The number of furan rings is 1. The molecule has 0 saturated carbocycles. The van der Waals surface area contributed by atoms with Gasteiger partial charge in [0.05, 0.1) is 18.1 Å². The molecule has 3 rings (SSSR count). The maximum Gasteiger partial charge on any atom is 0.0950 e. The van der Waals surface area contributed by atoms with Crippen molar-refractivity contribution in [1.29, 1.82) is 0 Å². The second-order valence-corrected chi connectivity index (χ2v) is 7.61. The molecule has 21 heavy (non-hydrogen) atoms. The van der Waals surface area contributed by atoms with Crippen molar-refractivity contribution < 1.29 is 9.15 Å². The molecule has 4 heteroatoms. The smallest absolute Gasteiger partial charge is 0.0950 e. The topological polar surface area (TPSA) is 34.4 Å². The molecule has 0 aliphatic carbocycles. The maximum absolute atomic E-state index is 6.24. The number of rotatable bonds is 5. The first kappa shape index (κ1) is 15.4. The van der Waals surface area contributed by atoms with Gasteiger partial charge >= 0.3 is 0 Å². The first-order valence-corrected chi connectivity index (χ1v) is 9.46. The number of nitrogens with one attached hydrogen (secondary N) is 1. The summed E-state index contributed by atoms with van der Waals surface area (Å²) in [7, 11) is 0. The predicted octanol–water partition coefficient (Wildman–Crippen LogP) is 4.01.